The molecule has 0 radical (unpaired) electrons. The molecule has 5 rings (SSSR count). The molecule has 1 amide bonds. The average molecular weight is 481 g/mol. The molecule has 4 unspecified atom stereocenters. The summed E-state index contributed by atoms with van der Waals surface area (Å²) < 4.78 is 0. The number of nitrogens with zero attached hydrogens (tertiary/aromatic N) is 1. The summed E-state index contributed by atoms with van der Waals surface area (Å²) in [7, 11) is 3.71. The first-order valence-electron chi connectivity index (χ1n) is 11.7. The van der Waals surface area contributed by atoms with Crippen LogP contribution in [-0.4, -0.2) is 57.6 Å². The number of anilines is 1. The highest BCUT2D eigenvalue weighted by molar-refractivity contribution is 6.22. The molecule has 0 heterocycles. The summed E-state index contributed by atoms with van der Waals surface area (Å²) in [4.78, 5) is 39.8. The summed E-state index contributed by atoms with van der Waals surface area (Å²) in [6, 6.07) is 1.91. The predicted octanol–water partition coefficient (Wildman–Crippen LogP) is 1.92. The highest BCUT2D eigenvalue weighted by atomic mass is 16.3. The number of carbonyl (C=O) groups is 3. The van der Waals surface area contributed by atoms with Crippen LogP contribution in [0, 0.1) is 11.8 Å². The Kier molecular flexibility index (Phi) is 5.10. The van der Waals surface area contributed by atoms with Crippen LogP contribution >= 0.6 is 0 Å². The fourth-order valence-corrected chi connectivity index (χ4v) is 6.26. The Hall–Kier alpha value is -3.59. The van der Waals surface area contributed by atoms with E-state index in [0.717, 1.165) is 18.5 Å². The quantitative estimate of drug-likeness (QED) is 0.324. The van der Waals surface area contributed by atoms with E-state index in [1.54, 1.807) is 0 Å². The Morgan fingerprint density at radius 2 is 1.89 bits per heavy atom. The molecule has 0 aromatic heterocycles. The van der Waals surface area contributed by atoms with Crippen LogP contribution in [0.1, 0.15) is 48.3 Å². The van der Waals surface area contributed by atoms with Crippen molar-refractivity contribution in [2.45, 2.75) is 43.6 Å². The minimum absolute atomic E-state index is 0.0420. The van der Waals surface area contributed by atoms with Gasteiger partial charge in [0.25, 0.3) is 5.91 Å². The first kappa shape index (κ1) is 23.2. The molecule has 1 saturated carbocycles. The Morgan fingerprint density at radius 1 is 1.17 bits per heavy atom. The van der Waals surface area contributed by atoms with Crippen molar-refractivity contribution in [1.29, 1.82) is 0 Å². The third kappa shape index (κ3) is 3.07. The maximum Gasteiger partial charge on any atom is 0.255 e. The number of hydrogen-bond donors (Lipinski definition) is 5. The lowest BCUT2D eigenvalue weighted by atomic mass is 9.59. The number of rotatable bonds is 3. The Bertz CT molecular complexity index is 1290. The van der Waals surface area contributed by atoms with Gasteiger partial charge in [-0.05, 0) is 43.2 Å². The van der Waals surface area contributed by atoms with E-state index >= 15 is 0 Å². The fraction of sp³-hybridized carbons (Fsp3) is 0.423. The van der Waals surface area contributed by atoms with Crippen molar-refractivity contribution in [2.75, 3.05) is 19.0 Å². The van der Waals surface area contributed by atoms with E-state index in [4.69, 9.17) is 5.73 Å². The minimum Gasteiger partial charge on any atom is -0.508 e. The molecule has 0 spiro atoms. The van der Waals surface area contributed by atoms with Gasteiger partial charge in [-0.15, -0.1) is 0 Å². The molecular weight excluding hydrogens is 452 g/mol. The van der Waals surface area contributed by atoms with Gasteiger partial charge in [0, 0.05) is 49.2 Å². The topological polar surface area (TPSA) is 161 Å². The molecule has 0 saturated heterocycles. The molecular formula is C26H28N2O7. The van der Waals surface area contributed by atoms with Crippen molar-refractivity contribution in [3.8, 4) is 5.75 Å². The molecule has 4 aliphatic rings. The van der Waals surface area contributed by atoms with E-state index in [1.165, 1.54) is 0 Å². The third-order valence-electron chi connectivity index (χ3n) is 7.96. The fourth-order valence-electron chi connectivity index (χ4n) is 6.26. The summed E-state index contributed by atoms with van der Waals surface area (Å²) in [6.07, 6.45) is 5.78. The van der Waals surface area contributed by atoms with E-state index in [2.05, 4.69) is 0 Å². The summed E-state index contributed by atoms with van der Waals surface area (Å²) in [5.74, 6) is -6.16. The number of aliphatic hydroxyl groups is 3. The monoisotopic (exact) mass is 480 g/mol. The van der Waals surface area contributed by atoms with Crippen LogP contribution in [0.25, 0.3) is 5.76 Å². The van der Waals surface area contributed by atoms with Crippen molar-refractivity contribution in [3.05, 3.63) is 51.8 Å². The summed E-state index contributed by atoms with van der Waals surface area (Å²) in [5.41, 5.74) is 4.00. The zero-order valence-electron chi connectivity index (χ0n) is 19.5. The number of fused-ring (bicyclic) bond motifs is 3. The van der Waals surface area contributed by atoms with Gasteiger partial charge in [0.2, 0.25) is 5.78 Å². The molecule has 1 fully saturated rings. The molecule has 6 N–H and O–H groups in total. The van der Waals surface area contributed by atoms with Crippen molar-refractivity contribution >= 4 is 28.9 Å². The largest absolute Gasteiger partial charge is 0.508 e. The second-order valence-electron chi connectivity index (χ2n) is 10.1. The Morgan fingerprint density at radius 3 is 2.49 bits per heavy atom. The van der Waals surface area contributed by atoms with Crippen LogP contribution in [0.3, 0.4) is 0 Å². The van der Waals surface area contributed by atoms with E-state index in [1.807, 2.05) is 37.2 Å². The number of aliphatic hydroxyl groups excluding tert-OH is 2. The van der Waals surface area contributed by atoms with Gasteiger partial charge >= 0.3 is 0 Å². The standard InChI is InChI=1S/C26H28N2O7/c1-28(2)16-10-14(11-5-3-4-6-11)21(30)19-15(16)8-12-7-13-9-17(29)20(25(27)34)24(33)26(13,35)23(32)18(12)22(19)31/h3,5,10-13,30-31,33,35H,4,6-9H2,1-2H3,(H2,27,34). The van der Waals surface area contributed by atoms with Crippen LogP contribution < -0.4 is 10.6 Å². The normalized spacial score (nSPS) is 29.7. The van der Waals surface area contributed by atoms with Crippen molar-refractivity contribution in [3.63, 3.8) is 0 Å². The van der Waals surface area contributed by atoms with Crippen molar-refractivity contribution in [2.24, 2.45) is 17.6 Å². The summed E-state index contributed by atoms with van der Waals surface area (Å²) >= 11 is 0. The Labute approximate surface area is 201 Å². The van der Waals surface area contributed by atoms with Crippen LogP contribution in [0.15, 0.2) is 35.1 Å². The number of allylic oxidation sites excluding steroid dienone is 2. The van der Waals surface area contributed by atoms with Crippen LogP contribution in [0.2, 0.25) is 0 Å². The second-order valence-corrected chi connectivity index (χ2v) is 10.1. The smallest absolute Gasteiger partial charge is 0.255 e. The maximum atomic E-state index is 13.7. The second kappa shape index (κ2) is 7.71. The van der Waals surface area contributed by atoms with E-state index in [9.17, 15) is 34.8 Å². The van der Waals surface area contributed by atoms with Gasteiger partial charge in [0.05, 0.1) is 5.56 Å². The number of hydrogen-bond acceptors (Lipinski definition) is 8. The molecule has 0 bridgehead atoms. The molecule has 9 nitrogen and oxygen atoms in total. The van der Waals surface area contributed by atoms with Crippen LogP contribution in [-0.2, 0) is 20.8 Å². The zero-order chi connectivity index (χ0) is 25.4. The van der Waals surface area contributed by atoms with E-state index in [0.29, 0.717) is 11.1 Å². The molecule has 4 aliphatic carbocycles. The molecule has 184 valence electrons. The molecule has 1 aromatic rings. The lowest BCUT2D eigenvalue weighted by molar-refractivity contribution is -0.147. The first-order chi connectivity index (χ1) is 16.5. The summed E-state index contributed by atoms with van der Waals surface area (Å²) in [5, 5.41) is 44.7. The van der Waals surface area contributed by atoms with Gasteiger partial charge in [-0.1, -0.05) is 12.2 Å². The van der Waals surface area contributed by atoms with Crippen LogP contribution in [0.5, 0.6) is 5.75 Å². The highest BCUT2D eigenvalue weighted by Crippen LogP contribution is 2.54. The van der Waals surface area contributed by atoms with Gasteiger partial charge in [0.15, 0.2) is 11.4 Å². The number of Topliss-reactive ketones (excluding diaryl/α,β-unsaturated/α-hetero) is 2. The number of phenols is 1. The number of ketones is 2. The lowest BCUT2D eigenvalue weighted by Gasteiger charge is -2.46. The molecule has 4 atom stereocenters. The third-order valence-corrected chi connectivity index (χ3v) is 7.96. The number of phenolic OH excluding ortho intramolecular Hbond substituents is 1. The minimum atomic E-state index is -2.55. The number of carbonyl (C=O) groups excluding carboxylic acids is 3. The van der Waals surface area contributed by atoms with E-state index < -0.39 is 52.0 Å². The molecule has 9 heteroatoms. The number of amides is 1. The van der Waals surface area contributed by atoms with E-state index in [-0.39, 0.29) is 42.1 Å². The van der Waals surface area contributed by atoms with Gasteiger partial charge in [-0.3, -0.25) is 14.4 Å². The van der Waals surface area contributed by atoms with Gasteiger partial charge in [0.1, 0.15) is 22.8 Å². The predicted molar refractivity (Wildman–Crippen MR) is 127 cm³/mol. The van der Waals surface area contributed by atoms with Crippen molar-refractivity contribution in [1.82, 2.24) is 0 Å². The number of aromatic hydroxyl groups is 1. The van der Waals surface area contributed by atoms with Gasteiger partial charge in [-0.25, -0.2) is 0 Å². The molecule has 1 aromatic carbocycles. The number of nitrogens with two attached hydrogens (primary N) is 1. The highest BCUT2D eigenvalue weighted by Gasteiger charge is 2.60. The molecule has 35 heavy (non-hydrogen) atoms. The Balaban J connectivity index is 1.73. The van der Waals surface area contributed by atoms with Crippen molar-refractivity contribution < 1.29 is 34.8 Å². The number of primary amides is 1. The lowest BCUT2D eigenvalue weighted by Crippen LogP contribution is -2.58. The van der Waals surface area contributed by atoms with Gasteiger partial charge in [-0.2, -0.15) is 0 Å². The average Bonchev–Trinajstić information content (AvgIpc) is 3.30. The zero-order valence-corrected chi connectivity index (χ0v) is 19.5. The number of benzene rings is 1. The molecule has 0 aliphatic heterocycles. The first-order valence-corrected chi connectivity index (χ1v) is 11.7. The summed E-state index contributed by atoms with van der Waals surface area (Å²) in [6.45, 7) is 0. The maximum absolute atomic E-state index is 13.7. The van der Waals surface area contributed by atoms with Gasteiger partial charge < -0.3 is 31.1 Å². The SMILES string of the molecule is CN(C)c1cc(C2C=CCC2)c(O)c2c1CC1CC3CC(=O)C(C(N)=O)=C(O)C3(O)C(=O)C1=C2O. The van der Waals surface area contributed by atoms with Crippen LogP contribution in [0.4, 0.5) is 5.69 Å².